The summed E-state index contributed by atoms with van der Waals surface area (Å²) < 4.78 is 4.36. The molecule has 2 N–H and O–H groups in total. The molecule has 0 bridgehead atoms. The lowest BCUT2D eigenvalue weighted by atomic mass is 10.1. The van der Waals surface area contributed by atoms with E-state index in [2.05, 4.69) is 92.2 Å². The van der Waals surface area contributed by atoms with Gasteiger partial charge in [0, 0.05) is 75.6 Å². The van der Waals surface area contributed by atoms with Crippen LogP contribution in [0.25, 0.3) is 0 Å². The molecular weight excluding hydrogens is 400 g/mol. The summed E-state index contributed by atoms with van der Waals surface area (Å²) in [6.45, 7) is 15.9. The lowest BCUT2D eigenvalue weighted by Gasteiger charge is -2.36. The number of piperazine rings is 2. The van der Waals surface area contributed by atoms with Gasteiger partial charge in [-0.1, -0.05) is 0 Å². The topological polar surface area (TPSA) is 66.2 Å². The molecule has 2 aromatic heterocycles. The van der Waals surface area contributed by atoms with Crippen LogP contribution in [-0.2, 0) is 12.8 Å². The number of nitrogens with zero attached hydrogens (tertiary/aromatic N) is 6. The zero-order valence-electron chi connectivity index (χ0n) is 20.4. The molecule has 2 saturated heterocycles. The normalized spacial score (nSPS) is 27.8. The van der Waals surface area contributed by atoms with Crippen LogP contribution in [0.1, 0.15) is 52.2 Å². The van der Waals surface area contributed by atoms with Crippen LogP contribution in [0, 0.1) is 0 Å². The van der Waals surface area contributed by atoms with Gasteiger partial charge in [-0.25, -0.2) is 4.68 Å². The van der Waals surface area contributed by atoms with Gasteiger partial charge < -0.3 is 20.4 Å². The molecule has 0 amide bonds. The maximum absolute atomic E-state index is 4.61. The average molecular weight is 443 g/mol. The highest BCUT2D eigenvalue weighted by molar-refractivity contribution is 5.02. The maximum atomic E-state index is 4.61. The molecule has 32 heavy (non-hydrogen) atoms. The Balaban J connectivity index is 1.34. The highest BCUT2D eigenvalue weighted by Crippen LogP contribution is 2.12. The molecule has 178 valence electrons. The first-order valence-corrected chi connectivity index (χ1v) is 12.5. The minimum absolute atomic E-state index is 0.565. The first kappa shape index (κ1) is 23.4. The van der Waals surface area contributed by atoms with Gasteiger partial charge in [0.05, 0.1) is 0 Å². The van der Waals surface area contributed by atoms with Crippen molar-refractivity contribution in [2.75, 3.05) is 39.3 Å². The average Bonchev–Trinajstić information content (AvgIpc) is 3.36. The van der Waals surface area contributed by atoms with Gasteiger partial charge in [0.2, 0.25) is 0 Å². The third kappa shape index (κ3) is 6.19. The van der Waals surface area contributed by atoms with E-state index in [1.54, 1.807) is 0 Å². The third-order valence-electron chi connectivity index (χ3n) is 6.61. The Hall–Kier alpha value is -1.74. The standard InChI is InChI=1S/C24H42N8/c1-19-15-29(16-20(2)25-19)11-7-9-23-27-28-24(32(23)31-13-5-6-14-31)10-8-12-30-17-21(3)26-22(4)18-30/h5-6,13-14,19-22,25-26H,7-12,15-18H2,1-4H3. The molecule has 2 aromatic rings. The first-order chi connectivity index (χ1) is 15.5. The molecule has 8 heteroatoms. The predicted octanol–water partition coefficient (Wildman–Crippen LogP) is 1.62. The number of hydrogen-bond acceptors (Lipinski definition) is 6. The van der Waals surface area contributed by atoms with Gasteiger partial charge in [-0.2, -0.15) is 0 Å². The number of nitrogens with one attached hydrogen (secondary N) is 2. The van der Waals surface area contributed by atoms with E-state index in [0.717, 1.165) is 76.6 Å². The summed E-state index contributed by atoms with van der Waals surface area (Å²) in [6, 6.07) is 6.40. The summed E-state index contributed by atoms with van der Waals surface area (Å²) >= 11 is 0. The van der Waals surface area contributed by atoms with E-state index >= 15 is 0 Å². The van der Waals surface area contributed by atoms with Gasteiger partial charge >= 0.3 is 0 Å². The molecule has 2 fully saturated rings. The van der Waals surface area contributed by atoms with Crippen molar-refractivity contribution in [2.45, 2.75) is 77.5 Å². The summed E-state index contributed by atoms with van der Waals surface area (Å²) in [7, 11) is 0. The van der Waals surface area contributed by atoms with Gasteiger partial charge in [-0.15, -0.1) is 10.2 Å². The molecular formula is C24H42N8. The lowest BCUT2D eigenvalue weighted by Crippen LogP contribution is -2.54. The molecule has 4 atom stereocenters. The quantitative estimate of drug-likeness (QED) is 0.615. The number of hydrogen-bond donors (Lipinski definition) is 2. The molecule has 4 heterocycles. The zero-order valence-corrected chi connectivity index (χ0v) is 20.4. The van der Waals surface area contributed by atoms with Crippen LogP contribution >= 0.6 is 0 Å². The molecule has 2 aliphatic rings. The summed E-state index contributed by atoms with van der Waals surface area (Å²) in [5.41, 5.74) is 0. The minimum Gasteiger partial charge on any atom is -0.309 e. The van der Waals surface area contributed by atoms with E-state index < -0.39 is 0 Å². The molecule has 4 rings (SSSR count). The highest BCUT2D eigenvalue weighted by Gasteiger charge is 2.22. The van der Waals surface area contributed by atoms with Crippen LogP contribution < -0.4 is 10.6 Å². The molecule has 0 aliphatic carbocycles. The Bertz CT molecular complexity index is 747. The molecule has 0 saturated carbocycles. The molecule has 0 aromatic carbocycles. The summed E-state index contributed by atoms with van der Waals surface area (Å²) in [5, 5.41) is 16.5. The van der Waals surface area contributed by atoms with Crippen molar-refractivity contribution in [3.8, 4) is 0 Å². The molecule has 0 spiro atoms. The monoisotopic (exact) mass is 442 g/mol. The molecule has 0 radical (unpaired) electrons. The molecule has 4 unspecified atom stereocenters. The van der Waals surface area contributed by atoms with E-state index in [1.165, 1.54) is 0 Å². The van der Waals surface area contributed by atoms with Gasteiger partial charge in [0.1, 0.15) is 0 Å². The van der Waals surface area contributed by atoms with Crippen LogP contribution in [-0.4, -0.2) is 92.8 Å². The van der Waals surface area contributed by atoms with Gasteiger partial charge in [-0.3, -0.25) is 4.68 Å². The second-order valence-electron chi connectivity index (χ2n) is 10.1. The Morgan fingerprint density at radius 1 is 0.719 bits per heavy atom. The van der Waals surface area contributed by atoms with E-state index in [-0.39, 0.29) is 0 Å². The number of rotatable bonds is 9. The fraction of sp³-hybridized carbons (Fsp3) is 0.750. The zero-order chi connectivity index (χ0) is 22.5. The summed E-state index contributed by atoms with van der Waals surface area (Å²) in [4.78, 5) is 5.16. The number of aromatic nitrogens is 4. The van der Waals surface area contributed by atoms with E-state index in [9.17, 15) is 0 Å². The van der Waals surface area contributed by atoms with Crippen LogP contribution in [0.15, 0.2) is 24.5 Å². The van der Waals surface area contributed by atoms with Crippen molar-refractivity contribution < 1.29 is 0 Å². The van der Waals surface area contributed by atoms with E-state index in [0.29, 0.717) is 24.2 Å². The lowest BCUT2D eigenvalue weighted by molar-refractivity contribution is 0.171. The smallest absolute Gasteiger partial charge is 0.153 e. The molecule has 8 nitrogen and oxygen atoms in total. The largest absolute Gasteiger partial charge is 0.309 e. The fourth-order valence-corrected chi connectivity index (χ4v) is 5.55. The Labute approximate surface area is 193 Å². The van der Waals surface area contributed by atoms with Crippen molar-refractivity contribution in [2.24, 2.45) is 0 Å². The van der Waals surface area contributed by atoms with Crippen LogP contribution in [0.4, 0.5) is 0 Å². The van der Waals surface area contributed by atoms with E-state index in [1.807, 2.05) is 0 Å². The van der Waals surface area contributed by atoms with Gasteiger partial charge in [0.25, 0.3) is 0 Å². The second kappa shape index (κ2) is 10.9. The minimum atomic E-state index is 0.565. The van der Waals surface area contributed by atoms with Crippen molar-refractivity contribution in [3.05, 3.63) is 36.2 Å². The SMILES string of the molecule is CC1CN(CCCc2nnc(CCCN3CC(C)NC(C)C3)n2-n2cccc2)CC(C)N1. The van der Waals surface area contributed by atoms with Gasteiger partial charge in [0.15, 0.2) is 11.6 Å². The fourth-order valence-electron chi connectivity index (χ4n) is 5.55. The van der Waals surface area contributed by atoms with Crippen LogP contribution in [0.5, 0.6) is 0 Å². The molecule has 2 aliphatic heterocycles. The Morgan fingerprint density at radius 2 is 1.12 bits per heavy atom. The predicted molar refractivity (Wildman–Crippen MR) is 129 cm³/mol. The summed E-state index contributed by atoms with van der Waals surface area (Å²) in [5.74, 6) is 2.13. The highest BCUT2D eigenvalue weighted by atomic mass is 15.5. The summed E-state index contributed by atoms with van der Waals surface area (Å²) in [6.07, 6.45) is 8.30. The van der Waals surface area contributed by atoms with E-state index in [4.69, 9.17) is 0 Å². The van der Waals surface area contributed by atoms with Crippen molar-refractivity contribution in [3.63, 3.8) is 0 Å². The van der Waals surface area contributed by atoms with Crippen LogP contribution in [0.2, 0.25) is 0 Å². The second-order valence-corrected chi connectivity index (χ2v) is 10.1. The van der Waals surface area contributed by atoms with Gasteiger partial charge in [-0.05, 0) is 65.8 Å². The van der Waals surface area contributed by atoms with Crippen molar-refractivity contribution in [1.82, 2.24) is 40.0 Å². The van der Waals surface area contributed by atoms with Crippen molar-refractivity contribution >= 4 is 0 Å². The Morgan fingerprint density at radius 3 is 1.53 bits per heavy atom. The first-order valence-electron chi connectivity index (χ1n) is 12.5. The number of aryl methyl sites for hydroxylation is 2. The van der Waals surface area contributed by atoms with Crippen LogP contribution in [0.3, 0.4) is 0 Å². The maximum Gasteiger partial charge on any atom is 0.153 e. The third-order valence-corrected chi connectivity index (χ3v) is 6.61. The Kier molecular flexibility index (Phi) is 7.99. The van der Waals surface area contributed by atoms with Crippen molar-refractivity contribution in [1.29, 1.82) is 0 Å².